The summed E-state index contributed by atoms with van der Waals surface area (Å²) in [5, 5.41) is 0.872. The van der Waals surface area contributed by atoms with Gasteiger partial charge in [-0.25, -0.2) is 0 Å². The van der Waals surface area contributed by atoms with Crippen molar-refractivity contribution in [2.24, 2.45) is 0 Å². The Labute approximate surface area is 298 Å². The van der Waals surface area contributed by atoms with Crippen LogP contribution in [0.3, 0.4) is 0 Å². The Kier molecular flexibility index (Phi) is 24.8. The van der Waals surface area contributed by atoms with Gasteiger partial charge in [0.2, 0.25) is 0 Å². The highest BCUT2D eigenvalue weighted by molar-refractivity contribution is 7.02. The Bertz CT molecular complexity index is 811. The van der Waals surface area contributed by atoms with Crippen LogP contribution in [0, 0.1) is 0 Å². The van der Waals surface area contributed by atoms with E-state index >= 15 is 0 Å². The molecule has 1 heterocycles. The highest BCUT2D eigenvalue weighted by Crippen LogP contribution is 2.46. The Morgan fingerprint density at radius 3 is 1.42 bits per heavy atom. The van der Waals surface area contributed by atoms with E-state index in [-0.39, 0.29) is 12.6 Å². The van der Waals surface area contributed by atoms with Crippen LogP contribution < -0.4 is 0 Å². The van der Waals surface area contributed by atoms with Gasteiger partial charge in [-0.1, -0.05) is 72.7 Å². The molecule has 4 nitrogen and oxygen atoms in total. The second kappa shape index (κ2) is 22.1. The van der Waals surface area contributed by atoms with Crippen LogP contribution in [-0.4, -0.2) is 71.3 Å². The summed E-state index contributed by atoms with van der Waals surface area (Å²) in [5.41, 5.74) is 2.63. The molecule has 272 valence electrons. The lowest BCUT2D eigenvalue weighted by molar-refractivity contribution is 0.341. The van der Waals surface area contributed by atoms with Crippen LogP contribution in [-0.2, 0) is 8.23 Å². The van der Waals surface area contributed by atoms with Gasteiger partial charge in [-0.3, -0.25) is 0 Å². The van der Waals surface area contributed by atoms with Gasteiger partial charge in [-0.2, -0.15) is 0 Å². The van der Waals surface area contributed by atoms with E-state index in [9.17, 15) is 9.59 Å². The quantitative estimate of drug-likeness (QED) is 0.0931. The molecule has 0 aromatic heterocycles. The zero-order valence-electron chi connectivity index (χ0n) is 31.5. The molecule has 0 aliphatic carbocycles. The molecule has 0 aromatic rings. The van der Waals surface area contributed by atoms with Crippen LogP contribution in [0.2, 0.25) is 98.0 Å². The molecule has 5 atom stereocenters. The maximum atomic E-state index is 10.1. The zero-order valence-corrected chi connectivity index (χ0v) is 39.0. The van der Waals surface area contributed by atoms with Crippen molar-refractivity contribution in [3.63, 3.8) is 0 Å². The smallest absolute Gasteiger partial charge is 0.314 e. The molecule has 3 unspecified atom stereocenters. The second-order valence-corrected chi connectivity index (χ2v) is 43.3. The zero-order chi connectivity index (χ0) is 35.2. The van der Waals surface area contributed by atoms with E-state index in [0.717, 1.165) is 42.7 Å². The second-order valence-electron chi connectivity index (χ2n) is 15.2. The van der Waals surface area contributed by atoms with E-state index in [1.54, 1.807) is 0 Å². The fourth-order valence-electron chi connectivity index (χ4n) is 6.55. The average molecular weight is 778 g/mol. The minimum Gasteiger partial charge on any atom is -0.436 e. The molecular formula is C33H78Cl2O4Si6. The summed E-state index contributed by atoms with van der Waals surface area (Å²) in [4.78, 5) is 20.1. The van der Waals surface area contributed by atoms with Gasteiger partial charge >= 0.3 is 8.56 Å². The predicted molar refractivity (Wildman–Crippen MR) is 223 cm³/mol. The first-order valence-electron chi connectivity index (χ1n) is 17.2. The molecule has 0 radical (unpaired) electrons. The van der Waals surface area contributed by atoms with Gasteiger partial charge in [0.15, 0.2) is 33.3 Å². The summed E-state index contributed by atoms with van der Waals surface area (Å²) in [6.07, 6.45) is 2.17. The third-order valence-corrected chi connectivity index (χ3v) is 44.5. The molecule has 1 aliphatic rings. The van der Waals surface area contributed by atoms with Gasteiger partial charge in [0.1, 0.15) is 0 Å². The molecule has 1 fully saturated rings. The van der Waals surface area contributed by atoms with Crippen LogP contribution in [0.1, 0.15) is 75.7 Å². The van der Waals surface area contributed by atoms with Crippen LogP contribution >= 0.6 is 23.2 Å². The number of halogens is 2. The highest BCUT2D eigenvalue weighted by Gasteiger charge is 2.58. The first-order valence-corrected chi connectivity index (χ1v) is 34.7. The molecule has 1 aliphatic heterocycles. The fourth-order valence-corrected chi connectivity index (χ4v) is 40.8. The van der Waals surface area contributed by atoms with Gasteiger partial charge in [0.25, 0.3) is 0 Å². The van der Waals surface area contributed by atoms with E-state index in [1.165, 1.54) is 41.4 Å². The van der Waals surface area contributed by atoms with Crippen LogP contribution in [0.4, 0.5) is 0 Å². The van der Waals surface area contributed by atoms with Crippen LogP contribution in [0.5, 0.6) is 0 Å². The van der Waals surface area contributed by atoms with Crippen molar-refractivity contribution in [3.8, 4) is 0 Å². The molecule has 0 spiro atoms. The number of alkyl halides is 2. The lowest BCUT2D eigenvalue weighted by Crippen LogP contribution is -2.67. The molecule has 1 rings (SSSR count). The highest BCUT2D eigenvalue weighted by atomic mass is 35.5. The van der Waals surface area contributed by atoms with E-state index in [4.69, 9.17) is 31.4 Å². The van der Waals surface area contributed by atoms with Crippen molar-refractivity contribution >= 4 is 73.1 Å². The monoisotopic (exact) mass is 776 g/mol. The van der Waals surface area contributed by atoms with Gasteiger partial charge in [-0.15, -0.1) is 36.4 Å². The fraction of sp³-hybridized carbons (Fsp3) is 0.879. The molecule has 45 heavy (non-hydrogen) atoms. The van der Waals surface area contributed by atoms with Gasteiger partial charge in [0, 0.05) is 11.8 Å². The summed E-state index contributed by atoms with van der Waals surface area (Å²) < 4.78 is 13.3. The third-order valence-electron chi connectivity index (χ3n) is 10.6. The Hall–Kier alpha value is 1.20. The lowest BCUT2D eigenvalue weighted by Gasteiger charge is -2.54. The minimum atomic E-state index is -2.13. The molecular weight excluding hydrogens is 700 g/mol. The maximum Gasteiger partial charge on any atom is 0.314 e. The summed E-state index contributed by atoms with van der Waals surface area (Å²) in [5.74, 6) is 1.51. The molecule has 2 N–H and O–H groups in total. The van der Waals surface area contributed by atoms with E-state index in [1.807, 2.05) is 33.9 Å². The molecule has 0 amide bonds. The molecule has 0 saturated carbocycles. The summed E-state index contributed by atoms with van der Waals surface area (Å²) >= 11 is 11.6. The summed E-state index contributed by atoms with van der Waals surface area (Å²) in [7, 11) is -10.6. The average Bonchev–Trinajstić information content (AvgIpc) is 2.93. The number of hydrogen-bond donors (Lipinski definition) is 2. The Morgan fingerprint density at radius 2 is 1.16 bits per heavy atom. The van der Waals surface area contributed by atoms with Crippen LogP contribution in [0.15, 0.2) is 24.3 Å². The topological polar surface area (TPSA) is 58.9 Å². The normalized spacial score (nSPS) is 28.1. The summed E-state index contributed by atoms with van der Waals surface area (Å²) in [6.45, 7) is 38.8. The van der Waals surface area contributed by atoms with Crippen molar-refractivity contribution in [2.45, 2.75) is 174 Å². The Balaban J connectivity index is -0.000000596. The van der Waals surface area contributed by atoms with Crippen molar-refractivity contribution < 1.29 is 17.8 Å². The predicted octanol–water partition coefficient (Wildman–Crippen LogP) is 12.4. The Morgan fingerprint density at radius 1 is 0.800 bits per heavy atom. The van der Waals surface area contributed by atoms with Crippen LogP contribution in [0.25, 0.3) is 0 Å². The first-order chi connectivity index (χ1) is 19.9. The molecule has 0 bridgehead atoms. The lowest BCUT2D eigenvalue weighted by atomic mass is 10.4. The molecule has 12 heteroatoms. The maximum absolute atomic E-state index is 10.1. The largest absolute Gasteiger partial charge is 0.436 e. The minimum absolute atomic E-state index is 0. The number of hydrogen-bond acceptors (Lipinski definition) is 4. The van der Waals surface area contributed by atoms with E-state index < -0.39 is 49.9 Å². The first kappa shape index (κ1) is 50.6. The van der Waals surface area contributed by atoms with Crippen molar-refractivity contribution in [2.75, 3.05) is 11.8 Å². The van der Waals surface area contributed by atoms with Gasteiger partial charge in [0.05, 0.1) is 8.07 Å². The molecule has 1 saturated heterocycles. The molecule has 0 aromatic carbocycles. The van der Waals surface area contributed by atoms with Gasteiger partial charge < -0.3 is 17.8 Å². The van der Waals surface area contributed by atoms with Crippen molar-refractivity contribution in [1.82, 2.24) is 0 Å². The van der Waals surface area contributed by atoms with Crippen molar-refractivity contribution in [3.05, 3.63) is 24.3 Å². The van der Waals surface area contributed by atoms with E-state index in [2.05, 4.69) is 74.0 Å². The SMILES string of the molecule is C.C=C(C)C[Si](C)(CCCCl)CC(=C)C.CC[Si@](C)(O)C(C)[Si@](C)(O)CC.CC[Si]1(C)O[Si](C)(CCCCl)O[Si](C)(CC)C1C. The number of rotatable bonds is 16. The third kappa shape index (κ3) is 17.6. The number of allylic oxidation sites excluding steroid dienone is 2. The summed E-state index contributed by atoms with van der Waals surface area (Å²) in [6, 6.07) is 8.92. The van der Waals surface area contributed by atoms with E-state index in [0.29, 0.717) is 5.16 Å². The standard InChI is InChI=1S/C12H29ClO2Si3.C12H23ClSi.C8H22O2Si2.CH4/c1-7-16(4)12(3)17(5,8-2)15-18(6,14-16)11-9-10-13;1-11(2)9-14(5,8-6-7-13)10-12(3)4;1-6-11(4,9)8(3)12(5,10)7-2;/h12H,7-11H2,1-6H3;1,3,6-10H2,2,4-5H3;8-10H,6-7H2,1-5H3;1H4/t;;8?,11-,12+;. The van der Waals surface area contributed by atoms with Gasteiger partial charge in [-0.05, 0) is 112 Å². The van der Waals surface area contributed by atoms with Crippen molar-refractivity contribution in [1.29, 1.82) is 0 Å².